The van der Waals surface area contributed by atoms with Gasteiger partial charge in [0, 0.05) is 17.2 Å². The van der Waals surface area contributed by atoms with Crippen LogP contribution in [0.15, 0.2) is 54.1 Å². The number of Topliss-reactive ketones (excluding diaryl/α,β-unsaturated/α-hetero) is 1. The fourth-order valence-corrected chi connectivity index (χ4v) is 4.44. The summed E-state index contributed by atoms with van der Waals surface area (Å²) in [5, 5.41) is 11.0. The average Bonchev–Trinajstić information content (AvgIpc) is 3.36. The number of nitrogens with zero attached hydrogens (tertiary/aromatic N) is 1. The van der Waals surface area contributed by atoms with E-state index in [1.165, 1.54) is 11.0 Å². The summed E-state index contributed by atoms with van der Waals surface area (Å²) in [4.78, 5) is 27.4. The molecule has 5 nitrogen and oxygen atoms in total. The molecule has 1 saturated heterocycles. The molecule has 1 N–H and O–H groups in total. The summed E-state index contributed by atoms with van der Waals surface area (Å²) in [6, 6.07) is 11.6. The van der Waals surface area contributed by atoms with Gasteiger partial charge in [0.1, 0.15) is 17.3 Å². The maximum atomic E-state index is 14.8. The number of carbonyl (C=O) groups excluding carboxylic acids is 2. The zero-order valence-electron chi connectivity index (χ0n) is 16.8. The van der Waals surface area contributed by atoms with Crippen molar-refractivity contribution in [2.45, 2.75) is 44.7 Å². The van der Waals surface area contributed by atoms with Crippen LogP contribution in [0.1, 0.15) is 49.8 Å². The second-order valence-electron chi connectivity index (χ2n) is 7.62. The van der Waals surface area contributed by atoms with E-state index >= 15 is 0 Å². The van der Waals surface area contributed by atoms with Crippen LogP contribution < -0.4 is 4.74 Å². The number of amides is 1. The minimum Gasteiger partial charge on any atom is -0.507 e. The predicted octanol–water partition coefficient (Wildman–Crippen LogP) is 4.59. The Kier molecular flexibility index (Phi) is 5.57. The molecule has 2 fully saturated rings. The fraction of sp³-hybridized carbons (Fsp3) is 0.333. The first kappa shape index (κ1) is 20.1. The molecule has 2 aromatic rings. The maximum absolute atomic E-state index is 14.8. The van der Waals surface area contributed by atoms with Crippen molar-refractivity contribution in [3.05, 3.63) is 71.0 Å². The highest BCUT2D eigenvalue weighted by Crippen LogP contribution is 2.44. The second-order valence-corrected chi connectivity index (χ2v) is 7.62. The van der Waals surface area contributed by atoms with E-state index in [9.17, 15) is 19.1 Å². The Bertz CT molecular complexity index is 993. The summed E-state index contributed by atoms with van der Waals surface area (Å²) in [5.74, 6) is -1.63. The number of hydrogen-bond donors (Lipinski definition) is 1. The van der Waals surface area contributed by atoms with Crippen molar-refractivity contribution in [2.24, 2.45) is 0 Å². The molecule has 30 heavy (non-hydrogen) atoms. The minimum atomic E-state index is -0.944. The Labute approximate surface area is 174 Å². The van der Waals surface area contributed by atoms with Crippen LogP contribution in [0.4, 0.5) is 4.39 Å². The molecule has 0 bridgehead atoms. The highest BCUT2D eigenvalue weighted by molar-refractivity contribution is 6.46. The van der Waals surface area contributed by atoms with E-state index in [0.29, 0.717) is 17.9 Å². The monoisotopic (exact) mass is 409 g/mol. The lowest BCUT2D eigenvalue weighted by Gasteiger charge is -2.30. The molecule has 2 aromatic carbocycles. The Balaban J connectivity index is 1.85. The number of hydrogen-bond acceptors (Lipinski definition) is 4. The summed E-state index contributed by atoms with van der Waals surface area (Å²) < 4.78 is 20.2. The lowest BCUT2D eigenvalue weighted by atomic mass is 9.94. The first-order valence-corrected chi connectivity index (χ1v) is 10.3. The van der Waals surface area contributed by atoms with Crippen LogP contribution in [-0.2, 0) is 9.59 Å². The van der Waals surface area contributed by atoms with Gasteiger partial charge >= 0.3 is 0 Å². The van der Waals surface area contributed by atoms with Gasteiger partial charge < -0.3 is 14.7 Å². The van der Waals surface area contributed by atoms with Gasteiger partial charge in [0.15, 0.2) is 0 Å². The molecular weight excluding hydrogens is 385 g/mol. The van der Waals surface area contributed by atoms with Crippen LogP contribution >= 0.6 is 0 Å². The number of carbonyl (C=O) groups is 2. The van der Waals surface area contributed by atoms with E-state index in [-0.39, 0.29) is 22.9 Å². The molecule has 1 atom stereocenters. The van der Waals surface area contributed by atoms with Gasteiger partial charge in [0.2, 0.25) is 0 Å². The summed E-state index contributed by atoms with van der Waals surface area (Å²) >= 11 is 0. The number of likely N-dealkylation sites (tertiary alicyclic amines) is 1. The molecule has 156 valence electrons. The van der Waals surface area contributed by atoms with Crippen molar-refractivity contribution < 1.29 is 23.8 Å². The smallest absolute Gasteiger partial charge is 0.295 e. The van der Waals surface area contributed by atoms with Crippen molar-refractivity contribution in [2.75, 3.05) is 6.61 Å². The minimum absolute atomic E-state index is 0.0684. The normalized spacial score (nSPS) is 21.4. The zero-order valence-corrected chi connectivity index (χ0v) is 16.8. The average molecular weight is 409 g/mol. The number of rotatable bonds is 5. The predicted molar refractivity (Wildman–Crippen MR) is 110 cm³/mol. The summed E-state index contributed by atoms with van der Waals surface area (Å²) in [6.45, 7) is 2.37. The number of halogens is 1. The number of ketones is 1. The number of ether oxygens (including phenoxy) is 1. The fourth-order valence-electron chi connectivity index (χ4n) is 4.44. The van der Waals surface area contributed by atoms with E-state index in [2.05, 4.69) is 0 Å². The third-order valence-corrected chi connectivity index (χ3v) is 5.84. The molecule has 0 spiro atoms. The van der Waals surface area contributed by atoms with Crippen molar-refractivity contribution in [3.63, 3.8) is 0 Å². The first-order valence-electron chi connectivity index (χ1n) is 10.3. The van der Waals surface area contributed by atoms with Crippen LogP contribution in [0.25, 0.3) is 5.76 Å². The highest BCUT2D eigenvalue weighted by atomic mass is 19.1. The second kappa shape index (κ2) is 8.30. The molecule has 1 saturated carbocycles. The topological polar surface area (TPSA) is 66.8 Å². The molecule has 1 heterocycles. The first-order chi connectivity index (χ1) is 14.5. The number of aliphatic hydroxyl groups is 1. The van der Waals surface area contributed by atoms with Gasteiger partial charge in [-0.15, -0.1) is 0 Å². The molecule has 4 rings (SSSR count). The van der Waals surface area contributed by atoms with Crippen LogP contribution in [0.2, 0.25) is 0 Å². The Morgan fingerprint density at radius 1 is 1.10 bits per heavy atom. The largest absolute Gasteiger partial charge is 0.507 e. The van der Waals surface area contributed by atoms with E-state index in [1.54, 1.807) is 42.5 Å². The van der Waals surface area contributed by atoms with Crippen LogP contribution in [0.5, 0.6) is 5.75 Å². The van der Waals surface area contributed by atoms with Gasteiger partial charge in [0.05, 0.1) is 18.2 Å². The Morgan fingerprint density at radius 3 is 2.40 bits per heavy atom. The number of benzene rings is 2. The van der Waals surface area contributed by atoms with Crippen molar-refractivity contribution in [1.82, 2.24) is 4.90 Å². The van der Waals surface area contributed by atoms with E-state index < -0.39 is 23.5 Å². The summed E-state index contributed by atoms with van der Waals surface area (Å²) in [6.07, 6.45) is 3.44. The van der Waals surface area contributed by atoms with E-state index in [1.807, 2.05) is 6.92 Å². The number of aliphatic hydroxyl groups excluding tert-OH is 1. The third kappa shape index (κ3) is 3.47. The van der Waals surface area contributed by atoms with Gasteiger partial charge in [-0.1, -0.05) is 31.0 Å². The molecule has 1 aliphatic carbocycles. The van der Waals surface area contributed by atoms with Crippen molar-refractivity contribution in [1.29, 1.82) is 0 Å². The summed E-state index contributed by atoms with van der Waals surface area (Å²) in [5.41, 5.74) is 0.529. The van der Waals surface area contributed by atoms with Gasteiger partial charge in [0.25, 0.3) is 11.7 Å². The Morgan fingerprint density at radius 2 is 1.77 bits per heavy atom. The lowest BCUT2D eigenvalue weighted by molar-refractivity contribution is -0.141. The molecule has 0 radical (unpaired) electrons. The van der Waals surface area contributed by atoms with Crippen molar-refractivity contribution in [3.8, 4) is 5.75 Å². The lowest BCUT2D eigenvalue weighted by Crippen LogP contribution is -2.38. The van der Waals surface area contributed by atoms with Crippen LogP contribution in [0, 0.1) is 5.82 Å². The molecular formula is C24H24FNO4. The molecule has 0 aromatic heterocycles. The third-order valence-electron chi connectivity index (χ3n) is 5.84. The van der Waals surface area contributed by atoms with E-state index in [4.69, 9.17) is 4.74 Å². The van der Waals surface area contributed by atoms with Crippen LogP contribution in [0.3, 0.4) is 0 Å². The molecule has 1 unspecified atom stereocenters. The summed E-state index contributed by atoms with van der Waals surface area (Å²) in [7, 11) is 0. The van der Waals surface area contributed by atoms with Crippen LogP contribution in [-0.4, -0.2) is 34.3 Å². The van der Waals surface area contributed by atoms with Gasteiger partial charge in [-0.3, -0.25) is 9.59 Å². The SMILES string of the molecule is CCOc1ccc(/C(O)=C2/C(=O)C(=O)N(C3CCCC3)C2c2ccccc2F)cc1. The Hall–Kier alpha value is -3.15. The zero-order chi connectivity index (χ0) is 21.3. The quantitative estimate of drug-likeness (QED) is 0.446. The molecule has 2 aliphatic rings. The van der Waals surface area contributed by atoms with Gasteiger partial charge in [-0.25, -0.2) is 4.39 Å². The molecule has 1 amide bonds. The van der Waals surface area contributed by atoms with Crippen molar-refractivity contribution >= 4 is 17.4 Å². The molecule has 6 heteroatoms. The van der Waals surface area contributed by atoms with Gasteiger partial charge in [-0.2, -0.15) is 0 Å². The molecule has 1 aliphatic heterocycles. The van der Waals surface area contributed by atoms with Gasteiger partial charge in [-0.05, 0) is 50.1 Å². The van der Waals surface area contributed by atoms with E-state index in [0.717, 1.165) is 25.7 Å². The highest BCUT2D eigenvalue weighted by Gasteiger charge is 2.49. The maximum Gasteiger partial charge on any atom is 0.295 e. The standard InChI is InChI=1S/C24H24FNO4/c1-2-30-17-13-11-15(12-14-17)22(27)20-21(18-9-5-6-10-19(18)25)26(24(29)23(20)28)16-7-3-4-8-16/h5-6,9-14,16,21,27H,2-4,7-8H2,1H3/b22-20-.